The van der Waals surface area contributed by atoms with Gasteiger partial charge in [0.05, 0.1) is 15.1 Å². The number of carbonyl (C=O) groups excluding carboxylic acids is 1. The van der Waals surface area contributed by atoms with E-state index in [2.05, 4.69) is 20.0 Å². The van der Waals surface area contributed by atoms with Gasteiger partial charge in [0, 0.05) is 17.3 Å². The van der Waals surface area contributed by atoms with E-state index in [1.807, 2.05) is 24.3 Å². The number of fused-ring (bicyclic) bond motifs is 1. The highest BCUT2D eigenvalue weighted by atomic mass is 32.2. The first-order valence-electron chi connectivity index (χ1n) is 7.70. The van der Waals surface area contributed by atoms with Gasteiger partial charge < -0.3 is 5.32 Å². The predicted octanol–water partition coefficient (Wildman–Crippen LogP) is 3.81. The Morgan fingerprint density at radius 2 is 1.81 bits per heavy atom. The summed E-state index contributed by atoms with van der Waals surface area (Å²) in [4.78, 5) is 20.7. The molecular formula is C17H12N4O3S3. The van der Waals surface area contributed by atoms with Crippen LogP contribution in [0.1, 0.15) is 9.80 Å². The molecule has 0 aliphatic carbocycles. The molecule has 27 heavy (non-hydrogen) atoms. The van der Waals surface area contributed by atoms with Crippen LogP contribution in [0.5, 0.6) is 0 Å². The molecule has 0 saturated heterocycles. The van der Waals surface area contributed by atoms with Crippen molar-refractivity contribution in [2.24, 2.45) is 0 Å². The van der Waals surface area contributed by atoms with Gasteiger partial charge in [-0.15, -0.1) is 22.7 Å². The summed E-state index contributed by atoms with van der Waals surface area (Å²) >= 11 is 2.49. The van der Waals surface area contributed by atoms with Gasteiger partial charge in [0.2, 0.25) is 0 Å². The SMILES string of the molecule is O=C(Nc1ccc(S(=O)(=O)Nc2nccs2)cc1)c1nc2ccccc2s1. The largest absolute Gasteiger partial charge is 0.320 e. The number of hydrogen-bond donors (Lipinski definition) is 2. The molecule has 2 aromatic heterocycles. The molecule has 7 nitrogen and oxygen atoms in total. The fraction of sp³-hybridized carbons (Fsp3) is 0. The molecule has 0 spiro atoms. The summed E-state index contributed by atoms with van der Waals surface area (Å²) in [7, 11) is -3.72. The molecule has 0 saturated carbocycles. The summed E-state index contributed by atoms with van der Waals surface area (Å²) in [5.74, 6) is -0.340. The Morgan fingerprint density at radius 3 is 2.52 bits per heavy atom. The number of carbonyl (C=O) groups is 1. The fourth-order valence-electron chi connectivity index (χ4n) is 2.32. The van der Waals surface area contributed by atoms with Crippen molar-refractivity contribution in [1.29, 1.82) is 0 Å². The van der Waals surface area contributed by atoms with E-state index < -0.39 is 10.0 Å². The molecule has 0 atom stereocenters. The van der Waals surface area contributed by atoms with Crippen LogP contribution in [0, 0.1) is 0 Å². The Labute approximate surface area is 162 Å². The van der Waals surface area contributed by atoms with Gasteiger partial charge in [-0.05, 0) is 36.4 Å². The van der Waals surface area contributed by atoms with Gasteiger partial charge in [0.25, 0.3) is 15.9 Å². The third-order valence-corrected chi connectivity index (χ3v) is 6.77. The lowest BCUT2D eigenvalue weighted by atomic mass is 10.3. The highest BCUT2D eigenvalue weighted by molar-refractivity contribution is 7.93. The number of para-hydroxylation sites is 1. The molecule has 4 rings (SSSR count). The zero-order valence-corrected chi connectivity index (χ0v) is 16.1. The number of benzene rings is 2. The van der Waals surface area contributed by atoms with Crippen LogP contribution < -0.4 is 10.0 Å². The van der Waals surface area contributed by atoms with E-state index in [-0.39, 0.29) is 10.8 Å². The van der Waals surface area contributed by atoms with Crippen molar-refractivity contribution in [3.63, 3.8) is 0 Å². The third kappa shape index (κ3) is 3.82. The quantitative estimate of drug-likeness (QED) is 0.515. The van der Waals surface area contributed by atoms with E-state index in [0.717, 1.165) is 10.2 Å². The summed E-state index contributed by atoms with van der Waals surface area (Å²) < 4.78 is 28.0. The van der Waals surface area contributed by atoms with Crippen molar-refractivity contribution in [2.45, 2.75) is 4.90 Å². The van der Waals surface area contributed by atoms with Gasteiger partial charge in [0.15, 0.2) is 10.1 Å². The van der Waals surface area contributed by atoms with Crippen molar-refractivity contribution in [3.8, 4) is 0 Å². The minimum Gasteiger partial charge on any atom is -0.320 e. The van der Waals surface area contributed by atoms with Crippen molar-refractivity contribution in [1.82, 2.24) is 9.97 Å². The van der Waals surface area contributed by atoms with Crippen LogP contribution in [-0.2, 0) is 10.0 Å². The zero-order valence-electron chi connectivity index (χ0n) is 13.6. The average molecular weight is 417 g/mol. The van der Waals surface area contributed by atoms with Crippen LogP contribution in [0.15, 0.2) is 65.0 Å². The molecule has 136 valence electrons. The van der Waals surface area contributed by atoms with Crippen molar-refractivity contribution < 1.29 is 13.2 Å². The fourth-order valence-corrected chi connectivity index (χ4v) is 4.97. The van der Waals surface area contributed by atoms with Crippen molar-refractivity contribution in [3.05, 3.63) is 65.1 Å². The maximum Gasteiger partial charge on any atom is 0.284 e. The number of anilines is 2. The maximum absolute atomic E-state index is 12.4. The number of nitrogens with zero attached hydrogens (tertiary/aromatic N) is 2. The molecule has 0 unspecified atom stereocenters. The Kier molecular flexibility index (Phi) is 4.60. The molecule has 2 N–H and O–H groups in total. The average Bonchev–Trinajstić information content (AvgIpc) is 3.31. The molecule has 1 amide bonds. The predicted molar refractivity (Wildman–Crippen MR) is 107 cm³/mol. The van der Waals surface area contributed by atoms with E-state index in [1.54, 1.807) is 5.38 Å². The van der Waals surface area contributed by atoms with Gasteiger partial charge in [-0.1, -0.05) is 12.1 Å². The summed E-state index contributed by atoms with van der Waals surface area (Å²) in [6.45, 7) is 0. The normalized spacial score (nSPS) is 11.4. The molecule has 0 fully saturated rings. The topological polar surface area (TPSA) is 101 Å². The van der Waals surface area contributed by atoms with E-state index in [1.165, 1.54) is 53.1 Å². The number of rotatable bonds is 5. The summed E-state index contributed by atoms with van der Waals surface area (Å²) in [5.41, 5.74) is 1.25. The highest BCUT2D eigenvalue weighted by Crippen LogP contribution is 2.23. The lowest BCUT2D eigenvalue weighted by Crippen LogP contribution is -2.14. The maximum atomic E-state index is 12.4. The van der Waals surface area contributed by atoms with E-state index in [0.29, 0.717) is 15.8 Å². The standard InChI is InChI=1S/C17H12N4O3S3/c22-15(16-20-13-3-1-2-4-14(13)26-16)19-11-5-7-12(8-6-11)27(23,24)21-17-18-9-10-25-17/h1-10H,(H,18,21)(H,19,22). The number of amides is 1. The third-order valence-electron chi connectivity index (χ3n) is 3.56. The second kappa shape index (κ2) is 7.06. The second-order valence-electron chi connectivity index (χ2n) is 5.41. The number of sulfonamides is 1. The lowest BCUT2D eigenvalue weighted by molar-refractivity contribution is 0.102. The first kappa shape index (κ1) is 17.6. The molecule has 0 bridgehead atoms. The van der Waals surface area contributed by atoms with Crippen molar-refractivity contribution in [2.75, 3.05) is 10.0 Å². The van der Waals surface area contributed by atoms with Gasteiger partial charge in [-0.3, -0.25) is 9.52 Å². The Bertz CT molecular complexity index is 1170. The highest BCUT2D eigenvalue weighted by Gasteiger charge is 2.16. The summed E-state index contributed by atoms with van der Waals surface area (Å²) in [6.07, 6.45) is 1.52. The van der Waals surface area contributed by atoms with Crippen LogP contribution in [0.2, 0.25) is 0 Å². The van der Waals surface area contributed by atoms with Crippen molar-refractivity contribution >= 4 is 59.6 Å². The second-order valence-corrected chi connectivity index (χ2v) is 9.02. The van der Waals surface area contributed by atoms with E-state index >= 15 is 0 Å². The number of nitrogens with one attached hydrogen (secondary N) is 2. The summed E-state index contributed by atoms with van der Waals surface area (Å²) in [5, 5.41) is 5.05. The van der Waals surface area contributed by atoms with Gasteiger partial charge in [-0.2, -0.15) is 0 Å². The minimum absolute atomic E-state index is 0.0793. The van der Waals surface area contributed by atoms with E-state index in [4.69, 9.17) is 0 Å². The van der Waals surface area contributed by atoms with Crippen LogP contribution in [0.3, 0.4) is 0 Å². The molecule has 10 heteroatoms. The van der Waals surface area contributed by atoms with Crippen LogP contribution in [0.4, 0.5) is 10.8 Å². The van der Waals surface area contributed by atoms with Gasteiger partial charge >= 0.3 is 0 Å². The molecule has 0 radical (unpaired) electrons. The van der Waals surface area contributed by atoms with Gasteiger partial charge in [-0.25, -0.2) is 18.4 Å². The smallest absolute Gasteiger partial charge is 0.284 e. The van der Waals surface area contributed by atoms with Crippen LogP contribution >= 0.6 is 22.7 Å². The molecular weight excluding hydrogens is 404 g/mol. The van der Waals surface area contributed by atoms with Crippen LogP contribution in [0.25, 0.3) is 10.2 Å². The number of aromatic nitrogens is 2. The lowest BCUT2D eigenvalue weighted by Gasteiger charge is -2.07. The molecule has 2 heterocycles. The first-order chi connectivity index (χ1) is 13.0. The molecule has 4 aromatic rings. The molecule has 0 aliphatic heterocycles. The zero-order chi connectivity index (χ0) is 18.9. The molecule has 0 aliphatic rings. The number of hydrogen-bond acceptors (Lipinski definition) is 7. The monoisotopic (exact) mass is 416 g/mol. The molecule has 2 aromatic carbocycles. The first-order valence-corrected chi connectivity index (χ1v) is 10.9. The van der Waals surface area contributed by atoms with E-state index in [9.17, 15) is 13.2 Å². The summed E-state index contributed by atoms with van der Waals surface area (Å²) in [6, 6.07) is 13.4. The Morgan fingerprint density at radius 1 is 1.04 bits per heavy atom. The minimum atomic E-state index is -3.72. The Balaban J connectivity index is 1.49. The Hall–Kier alpha value is -2.82. The number of thiazole rings is 2. The van der Waals surface area contributed by atoms with Crippen LogP contribution in [-0.4, -0.2) is 24.3 Å². The van der Waals surface area contributed by atoms with Gasteiger partial charge in [0.1, 0.15) is 0 Å².